The molecule has 1 aliphatic heterocycles. The van der Waals surface area contributed by atoms with Crippen molar-refractivity contribution in [2.45, 2.75) is 89.1 Å². The van der Waals surface area contributed by atoms with Crippen molar-refractivity contribution < 1.29 is 14.9 Å². The monoisotopic (exact) mass is 537 g/mol. The molecule has 0 radical (unpaired) electrons. The van der Waals surface area contributed by atoms with Gasteiger partial charge in [-0.25, -0.2) is 0 Å². The van der Waals surface area contributed by atoms with Gasteiger partial charge in [0.2, 0.25) is 0 Å². The number of aromatic hydroxyl groups is 1. The van der Waals surface area contributed by atoms with Crippen molar-refractivity contribution in [1.29, 1.82) is 0 Å². The first-order chi connectivity index (χ1) is 18.5. The lowest BCUT2D eigenvalue weighted by atomic mass is 9.51. The zero-order valence-corrected chi connectivity index (χ0v) is 23.6. The Hall–Kier alpha value is -1.75. The number of fused-ring (bicyclic) bond motifs is 5. The third kappa shape index (κ3) is 4.86. The smallest absolute Gasteiger partial charge is 0.134 e. The zero-order valence-electron chi connectivity index (χ0n) is 22.9. The Bertz CT molecular complexity index is 1110. The first-order valence-corrected chi connectivity index (χ1v) is 15.5. The number of aliphatic hydroxyl groups excluding tert-OH is 1. The van der Waals surface area contributed by atoms with Crippen molar-refractivity contribution in [3.63, 3.8) is 0 Å². The van der Waals surface area contributed by atoms with Gasteiger partial charge in [0.05, 0.1) is 17.7 Å². The van der Waals surface area contributed by atoms with Crippen LogP contribution in [0.1, 0.15) is 93.2 Å². The van der Waals surface area contributed by atoms with Gasteiger partial charge in [0.25, 0.3) is 0 Å². The summed E-state index contributed by atoms with van der Waals surface area (Å²) in [6.07, 6.45) is 11.1. The van der Waals surface area contributed by atoms with Gasteiger partial charge in [-0.2, -0.15) is 0 Å². The number of aliphatic hydroxyl groups is 1. The predicted molar refractivity (Wildman–Crippen MR) is 153 cm³/mol. The summed E-state index contributed by atoms with van der Waals surface area (Å²) in [7, 11) is 0. The second-order valence-electron chi connectivity index (χ2n) is 12.7. The number of phenolic OH excluding ortho intramolecular Hbond substituents is 1. The Balaban J connectivity index is 1.18. The van der Waals surface area contributed by atoms with Crippen LogP contribution in [0, 0.1) is 17.3 Å². The van der Waals surface area contributed by atoms with E-state index < -0.39 is 0 Å². The lowest BCUT2D eigenvalue weighted by molar-refractivity contribution is -0.0322. The lowest BCUT2D eigenvalue weighted by Gasteiger charge is -2.54. The van der Waals surface area contributed by atoms with Crippen molar-refractivity contribution in [1.82, 2.24) is 4.90 Å². The number of nitrogens with zero attached hydrogens (tertiary/aromatic N) is 1. The average Bonchev–Trinajstić information content (AvgIpc) is 3.24. The van der Waals surface area contributed by atoms with E-state index in [4.69, 9.17) is 16.3 Å². The molecule has 2 aromatic rings. The molecule has 4 nitrogen and oxygen atoms in total. The minimum Gasteiger partial charge on any atom is -0.506 e. The van der Waals surface area contributed by atoms with Gasteiger partial charge in [-0.15, -0.1) is 0 Å². The van der Waals surface area contributed by atoms with Crippen molar-refractivity contribution >= 4 is 11.6 Å². The lowest BCUT2D eigenvalue weighted by Crippen LogP contribution is -2.47. The molecule has 38 heavy (non-hydrogen) atoms. The zero-order chi connectivity index (χ0) is 26.3. The Morgan fingerprint density at radius 3 is 2.58 bits per heavy atom. The van der Waals surface area contributed by atoms with Crippen LogP contribution in [0.5, 0.6) is 11.5 Å². The largest absolute Gasteiger partial charge is 0.506 e. The van der Waals surface area contributed by atoms with Crippen LogP contribution in [0.4, 0.5) is 0 Å². The standard InChI is InChI=1S/C33H44ClNO3/c1-33-21-27(22-7-9-23(10-8-22)38-20-6-5-19-35-17-3-2-4-18-35)31-24-13-15-29(36)32(34)25(24)11-12-26(31)28(33)14-16-30(33)37/h7-10,13,15,26-28,30-31,36-37H,2-6,11-12,14,16-21H2,1H3/t26-,27+,28-,30-,31+,33-/m0/s1. The molecule has 206 valence electrons. The minimum atomic E-state index is -0.228. The molecule has 6 atom stereocenters. The highest BCUT2D eigenvalue weighted by Gasteiger charge is 2.57. The Kier molecular flexibility index (Phi) is 7.68. The second kappa shape index (κ2) is 11.0. The van der Waals surface area contributed by atoms with E-state index in [1.165, 1.54) is 56.4 Å². The van der Waals surface area contributed by atoms with Crippen LogP contribution in [0.2, 0.25) is 5.02 Å². The van der Waals surface area contributed by atoms with Gasteiger partial charge >= 0.3 is 0 Å². The van der Waals surface area contributed by atoms with Crippen LogP contribution in [0.3, 0.4) is 0 Å². The van der Waals surface area contributed by atoms with E-state index in [2.05, 4.69) is 42.2 Å². The molecule has 1 heterocycles. The van der Waals surface area contributed by atoms with Gasteiger partial charge in [-0.3, -0.25) is 0 Å². The van der Waals surface area contributed by atoms with Crippen molar-refractivity contribution in [3.05, 3.63) is 58.1 Å². The summed E-state index contributed by atoms with van der Waals surface area (Å²) < 4.78 is 6.13. The number of phenols is 1. The fourth-order valence-electron chi connectivity index (χ4n) is 8.66. The van der Waals surface area contributed by atoms with Crippen LogP contribution >= 0.6 is 11.6 Å². The molecule has 3 aliphatic carbocycles. The molecule has 6 rings (SSSR count). The van der Waals surface area contributed by atoms with E-state index in [-0.39, 0.29) is 17.3 Å². The molecular weight excluding hydrogens is 494 g/mol. The van der Waals surface area contributed by atoms with E-state index in [0.29, 0.717) is 28.7 Å². The van der Waals surface area contributed by atoms with Crippen LogP contribution in [-0.2, 0) is 6.42 Å². The number of benzene rings is 2. The van der Waals surface area contributed by atoms with Crippen molar-refractivity contribution in [2.75, 3.05) is 26.2 Å². The van der Waals surface area contributed by atoms with Gasteiger partial charge < -0.3 is 19.8 Å². The molecule has 0 amide bonds. The number of hydrogen-bond donors (Lipinski definition) is 2. The first kappa shape index (κ1) is 26.5. The van der Waals surface area contributed by atoms with E-state index in [1.54, 1.807) is 6.07 Å². The maximum absolute atomic E-state index is 11.1. The van der Waals surface area contributed by atoms with Gasteiger partial charge in [0.15, 0.2) is 0 Å². The molecule has 0 spiro atoms. The number of ether oxygens (including phenoxy) is 1. The van der Waals surface area contributed by atoms with Crippen LogP contribution in [-0.4, -0.2) is 47.5 Å². The van der Waals surface area contributed by atoms with Gasteiger partial charge in [-0.1, -0.05) is 43.1 Å². The van der Waals surface area contributed by atoms with E-state index >= 15 is 0 Å². The SMILES string of the molecule is C[C@]12C[C@H](c3ccc(OCCCCN4CCCCC4)cc3)[C@@H]3c4ccc(O)c(Cl)c4CC[C@H]3[C@@H]1CC[C@@H]2O. The number of likely N-dealkylation sites (tertiary alicyclic amines) is 1. The molecule has 0 aromatic heterocycles. The van der Waals surface area contributed by atoms with E-state index in [1.807, 2.05) is 0 Å². The number of unbranched alkanes of at least 4 members (excludes halogenated alkanes) is 1. The fourth-order valence-corrected chi connectivity index (χ4v) is 8.93. The quantitative estimate of drug-likeness (QED) is 0.364. The van der Waals surface area contributed by atoms with Gasteiger partial charge in [0, 0.05) is 0 Å². The maximum atomic E-state index is 11.1. The second-order valence-corrected chi connectivity index (χ2v) is 13.1. The van der Waals surface area contributed by atoms with Crippen LogP contribution in [0.25, 0.3) is 0 Å². The molecule has 2 N–H and O–H groups in total. The minimum absolute atomic E-state index is 0.0480. The predicted octanol–water partition coefficient (Wildman–Crippen LogP) is 7.30. The maximum Gasteiger partial charge on any atom is 0.134 e. The van der Waals surface area contributed by atoms with Crippen LogP contribution in [0.15, 0.2) is 36.4 Å². The normalized spacial score (nSPS) is 32.9. The summed E-state index contributed by atoms with van der Waals surface area (Å²) in [6.45, 7) is 6.82. The Morgan fingerprint density at radius 2 is 1.79 bits per heavy atom. The summed E-state index contributed by atoms with van der Waals surface area (Å²) >= 11 is 6.62. The van der Waals surface area contributed by atoms with Crippen molar-refractivity contribution in [2.24, 2.45) is 17.3 Å². The summed E-state index contributed by atoms with van der Waals surface area (Å²) in [5.41, 5.74) is 3.72. The van der Waals surface area contributed by atoms with Gasteiger partial charge in [-0.05, 0) is 141 Å². The summed E-state index contributed by atoms with van der Waals surface area (Å²) in [4.78, 5) is 2.60. The molecular formula is C33H44ClNO3. The van der Waals surface area contributed by atoms with Crippen molar-refractivity contribution in [3.8, 4) is 11.5 Å². The van der Waals surface area contributed by atoms with Crippen LogP contribution < -0.4 is 4.74 Å². The number of halogens is 1. The molecule has 2 aromatic carbocycles. The highest BCUT2D eigenvalue weighted by molar-refractivity contribution is 6.32. The molecule has 1 saturated heterocycles. The number of hydrogen-bond acceptors (Lipinski definition) is 4. The summed E-state index contributed by atoms with van der Waals surface area (Å²) in [6, 6.07) is 12.7. The summed E-state index contributed by atoms with van der Waals surface area (Å²) in [5.74, 6) is 2.87. The molecule has 0 bridgehead atoms. The first-order valence-electron chi connectivity index (χ1n) is 15.1. The average molecular weight is 538 g/mol. The highest BCUT2D eigenvalue weighted by Crippen LogP contribution is 2.65. The fraction of sp³-hybridized carbons (Fsp3) is 0.636. The Labute approximate surface area is 233 Å². The van der Waals surface area contributed by atoms with E-state index in [9.17, 15) is 10.2 Å². The number of piperidine rings is 1. The molecule has 3 fully saturated rings. The third-order valence-electron chi connectivity index (χ3n) is 10.7. The molecule has 2 saturated carbocycles. The highest BCUT2D eigenvalue weighted by atomic mass is 35.5. The van der Waals surface area contributed by atoms with Gasteiger partial charge in [0.1, 0.15) is 11.5 Å². The summed E-state index contributed by atoms with van der Waals surface area (Å²) in [5, 5.41) is 21.9. The topological polar surface area (TPSA) is 52.9 Å². The molecule has 5 heteroatoms. The number of rotatable bonds is 7. The molecule has 4 aliphatic rings. The Morgan fingerprint density at radius 1 is 1.00 bits per heavy atom. The van der Waals surface area contributed by atoms with E-state index in [0.717, 1.165) is 56.4 Å². The molecule has 0 unspecified atom stereocenters. The third-order valence-corrected chi connectivity index (χ3v) is 11.1.